The molecule has 1 aliphatic heterocycles. The van der Waals surface area contributed by atoms with Crippen molar-refractivity contribution in [1.29, 1.82) is 0 Å². The summed E-state index contributed by atoms with van der Waals surface area (Å²) in [4.78, 5) is 12.3. The van der Waals surface area contributed by atoms with E-state index in [-0.39, 0.29) is 12.7 Å². The number of hydrogen-bond donors (Lipinski definition) is 1. The summed E-state index contributed by atoms with van der Waals surface area (Å²) in [6.07, 6.45) is 0.445. The van der Waals surface area contributed by atoms with Crippen LogP contribution in [0.25, 0.3) is 0 Å². The normalized spacial score (nSPS) is 22.4. The Morgan fingerprint density at radius 1 is 1.08 bits per heavy atom. The quantitative estimate of drug-likeness (QED) is 0.780. The third-order valence-corrected chi connectivity index (χ3v) is 5.55. The van der Waals surface area contributed by atoms with Crippen LogP contribution in [0.4, 0.5) is 5.69 Å². The van der Waals surface area contributed by atoms with E-state index in [1.807, 2.05) is 0 Å². The fraction of sp³-hybridized carbons (Fsp3) is 0.278. The Labute approximate surface area is 154 Å². The highest BCUT2D eigenvalue weighted by Crippen LogP contribution is 2.64. The lowest BCUT2D eigenvalue weighted by atomic mass is 10.1. The van der Waals surface area contributed by atoms with Crippen LogP contribution in [-0.2, 0) is 4.79 Å². The van der Waals surface area contributed by atoms with Gasteiger partial charge in [0, 0.05) is 11.8 Å². The summed E-state index contributed by atoms with van der Waals surface area (Å²) in [7, 11) is 0. The second-order valence-electron chi connectivity index (χ2n) is 6.31. The summed E-state index contributed by atoms with van der Waals surface area (Å²) in [6, 6.07) is 12.4. The van der Waals surface area contributed by atoms with Crippen molar-refractivity contribution in [3.05, 3.63) is 42.5 Å². The van der Waals surface area contributed by atoms with E-state index in [9.17, 15) is 4.79 Å². The number of carbonyl (C=O) groups excluding carboxylic acids is 1. The number of amides is 1. The van der Waals surface area contributed by atoms with Crippen LogP contribution in [0.2, 0.25) is 0 Å². The van der Waals surface area contributed by atoms with Gasteiger partial charge >= 0.3 is 0 Å². The lowest BCUT2D eigenvalue weighted by Crippen LogP contribution is -2.25. The van der Waals surface area contributed by atoms with Crippen LogP contribution < -0.4 is 19.5 Å². The first-order chi connectivity index (χ1) is 11.9. The van der Waals surface area contributed by atoms with E-state index < -0.39 is 9.75 Å². The molecule has 1 N–H and O–H groups in total. The molecule has 0 aromatic heterocycles. The maximum absolute atomic E-state index is 12.3. The van der Waals surface area contributed by atoms with Crippen molar-refractivity contribution < 1.29 is 19.0 Å². The minimum Gasteiger partial charge on any atom is -0.457 e. The Kier molecular flexibility index (Phi) is 3.74. The summed E-state index contributed by atoms with van der Waals surface area (Å²) in [5.41, 5.74) is -0.0992. The Hall–Kier alpha value is -2.11. The fourth-order valence-electron chi connectivity index (χ4n) is 2.60. The van der Waals surface area contributed by atoms with E-state index in [1.165, 1.54) is 0 Å². The smallest absolute Gasteiger partial charge is 0.233 e. The van der Waals surface area contributed by atoms with Gasteiger partial charge in [0.25, 0.3) is 0 Å². The van der Waals surface area contributed by atoms with Crippen molar-refractivity contribution in [2.24, 2.45) is 5.41 Å². The predicted octanol–water partition coefficient (Wildman–Crippen LogP) is 4.73. The van der Waals surface area contributed by atoms with E-state index in [2.05, 4.69) is 5.32 Å². The van der Waals surface area contributed by atoms with Gasteiger partial charge in [-0.05, 0) is 49.7 Å². The molecule has 5 nitrogen and oxygen atoms in total. The van der Waals surface area contributed by atoms with Gasteiger partial charge in [-0.25, -0.2) is 0 Å². The molecule has 0 spiro atoms. The Morgan fingerprint density at radius 2 is 1.72 bits per heavy atom. The summed E-state index contributed by atoms with van der Waals surface area (Å²) >= 11 is 12.1. The molecule has 2 aromatic carbocycles. The standard InChI is InChI=1S/C18H15Cl2NO4/c1-17(9-18(17,19)20)16(22)21-11-2-4-12(5-3-11)25-13-6-7-14-15(8-13)24-10-23-14/h2-8H,9-10H2,1H3,(H,21,22)/t17-/m1/s1. The molecule has 130 valence electrons. The van der Waals surface area contributed by atoms with Crippen LogP contribution in [0.5, 0.6) is 23.0 Å². The fourth-order valence-corrected chi connectivity index (χ4v) is 3.30. The first kappa shape index (κ1) is 16.4. The van der Waals surface area contributed by atoms with E-state index in [4.69, 9.17) is 37.4 Å². The molecule has 0 bridgehead atoms. The summed E-state index contributed by atoms with van der Waals surface area (Å²) < 4.78 is 15.4. The summed E-state index contributed by atoms with van der Waals surface area (Å²) in [5.74, 6) is 2.44. The van der Waals surface area contributed by atoms with Crippen LogP contribution in [0.3, 0.4) is 0 Å². The molecule has 1 fully saturated rings. The van der Waals surface area contributed by atoms with Gasteiger partial charge in [-0.2, -0.15) is 0 Å². The van der Waals surface area contributed by atoms with E-state index >= 15 is 0 Å². The molecule has 0 unspecified atom stereocenters. The molecule has 1 aliphatic carbocycles. The number of anilines is 1. The Morgan fingerprint density at radius 3 is 2.40 bits per heavy atom. The Balaban J connectivity index is 1.41. The topological polar surface area (TPSA) is 56.8 Å². The van der Waals surface area contributed by atoms with Crippen LogP contribution in [0.15, 0.2) is 42.5 Å². The lowest BCUT2D eigenvalue weighted by molar-refractivity contribution is -0.120. The molecule has 1 saturated carbocycles. The van der Waals surface area contributed by atoms with Gasteiger partial charge in [0.1, 0.15) is 15.8 Å². The minimum atomic E-state index is -0.987. The summed E-state index contributed by atoms with van der Waals surface area (Å²) in [5, 5.41) is 2.83. The lowest BCUT2D eigenvalue weighted by Gasteiger charge is -2.13. The van der Waals surface area contributed by atoms with E-state index in [1.54, 1.807) is 49.4 Å². The number of nitrogens with one attached hydrogen (secondary N) is 1. The van der Waals surface area contributed by atoms with E-state index in [0.717, 1.165) is 0 Å². The number of rotatable bonds is 4. The molecule has 2 aliphatic rings. The maximum atomic E-state index is 12.3. The number of benzene rings is 2. The summed E-state index contributed by atoms with van der Waals surface area (Å²) in [6.45, 7) is 1.97. The predicted molar refractivity (Wildman–Crippen MR) is 94.9 cm³/mol. The second kappa shape index (κ2) is 5.71. The van der Waals surface area contributed by atoms with Gasteiger partial charge in [-0.3, -0.25) is 4.79 Å². The van der Waals surface area contributed by atoms with Crippen molar-refractivity contribution >= 4 is 34.8 Å². The highest BCUT2D eigenvalue weighted by molar-refractivity contribution is 6.53. The van der Waals surface area contributed by atoms with E-state index in [0.29, 0.717) is 35.1 Å². The molecule has 1 atom stereocenters. The van der Waals surface area contributed by atoms with Crippen LogP contribution in [0, 0.1) is 5.41 Å². The molecule has 4 rings (SSSR count). The van der Waals surface area contributed by atoms with Gasteiger partial charge in [0.05, 0.1) is 5.41 Å². The number of halogens is 2. The van der Waals surface area contributed by atoms with Gasteiger partial charge in [0.2, 0.25) is 12.7 Å². The minimum absolute atomic E-state index is 0.193. The van der Waals surface area contributed by atoms with Crippen LogP contribution in [-0.4, -0.2) is 17.0 Å². The zero-order valence-electron chi connectivity index (χ0n) is 13.3. The molecule has 7 heteroatoms. The van der Waals surface area contributed by atoms with Gasteiger partial charge in [-0.1, -0.05) is 0 Å². The highest BCUT2D eigenvalue weighted by atomic mass is 35.5. The van der Waals surface area contributed by atoms with Crippen LogP contribution in [0.1, 0.15) is 13.3 Å². The number of alkyl halides is 2. The average Bonchev–Trinajstić information content (AvgIpc) is 2.93. The van der Waals surface area contributed by atoms with Crippen molar-refractivity contribution in [2.75, 3.05) is 12.1 Å². The largest absolute Gasteiger partial charge is 0.457 e. The number of hydrogen-bond acceptors (Lipinski definition) is 4. The molecule has 1 heterocycles. The Bertz CT molecular complexity index is 837. The highest BCUT2D eigenvalue weighted by Gasteiger charge is 2.67. The van der Waals surface area contributed by atoms with Gasteiger partial charge in [0.15, 0.2) is 11.5 Å². The SMILES string of the molecule is C[C@]1(C(=O)Nc2ccc(Oc3ccc4c(c3)OCO4)cc2)CC1(Cl)Cl. The molecular weight excluding hydrogens is 365 g/mol. The number of ether oxygens (including phenoxy) is 3. The molecule has 25 heavy (non-hydrogen) atoms. The van der Waals surface area contributed by atoms with Crippen LogP contribution >= 0.6 is 23.2 Å². The molecule has 0 saturated heterocycles. The third-order valence-electron chi connectivity index (χ3n) is 4.45. The van der Waals surface area contributed by atoms with Gasteiger partial charge < -0.3 is 19.5 Å². The zero-order valence-corrected chi connectivity index (χ0v) is 14.9. The van der Waals surface area contributed by atoms with Gasteiger partial charge in [-0.15, -0.1) is 23.2 Å². The monoisotopic (exact) mass is 379 g/mol. The maximum Gasteiger partial charge on any atom is 0.233 e. The van der Waals surface area contributed by atoms with Crippen molar-refractivity contribution in [2.45, 2.75) is 17.7 Å². The average molecular weight is 380 g/mol. The molecular formula is C18H15Cl2NO4. The zero-order chi connectivity index (χ0) is 17.7. The van der Waals surface area contributed by atoms with Crippen molar-refractivity contribution in [3.63, 3.8) is 0 Å². The van der Waals surface area contributed by atoms with Crippen molar-refractivity contribution in [3.8, 4) is 23.0 Å². The second-order valence-corrected chi connectivity index (χ2v) is 7.79. The third kappa shape index (κ3) is 2.98. The number of fused-ring (bicyclic) bond motifs is 1. The first-order valence-corrected chi connectivity index (χ1v) is 8.50. The molecule has 1 amide bonds. The first-order valence-electron chi connectivity index (χ1n) is 7.74. The van der Waals surface area contributed by atoms with Crippen molar-refractivity contribution in [1.82, 2.24) is 0 Å². The molecule has 0 radical (unpaired) electrons. The number of carbonyl (C=O) groups is 1. The molecule has 2 aromatic rings.